The lowest BCUT2D eigenvalue weighted by Gasteiger charge is -2.13. The molecule has 0 aliphatic rings. The second-order valence-electron chi connectivity index (χ2n) is 8.56. The van der Waals surface area contributed by atoms with Crippen molar-refractivity contribution < 1.29 is 9.84 Å². The van der Waals surface area contributed by atoms with E-state index in [4.69, 9.17) is 9.72 Å². The largest absolute Gasteiger partial charge is 0.494 e. The molecule has 0 bridgehead atoms. The predicted molar refractivity (Wildman–Crippen MR) is 137 cm³/mol. The number of pyridine rings is 1. The quantitative estimate of drug-likeness (QED) is 0.312. The third-order valence-electron chi connectivity index (χ3n) is 6.09. The Kier molecular flexibility index (Phi) is 6.10. The number of rotatable bonds is 7. The molecule has 0 aliphatic carbocycles. The summed E-state index contributed by atoms with van der Waals surface area (Å²) in [6.45, 7) is 5.33. The average Bonchev–Trinajstić information content (AvgIpc) is 3.43. The molecule has 1 N–H and O–H groups in total. The molecular weight excluding hydrogens is 494 g/mol. The molecule has 34 heavy (non-hydrogen) atoms. The number of ether oxygens (including phenoxy) is 1. The van der Waals surface area contributed by atoms with Crippen molar-refractivity contribution in [3.8, 4) is 17.1 Å². The third-order valence-corrected chi connectivity index (χ3v) is 6.98. The van der Waals surface area contributed by atoms with E-state index in [1.807, 2.05) is 27.3 Å². The van der Waals surface area contributed by atoms with Gasteiger partial charge in [0.15, 0.2) is 5.65 Å². The van der Waals surface area contributed by atoms with E-state index in [9.17, 15) is 5.11 Å². The van der Waals surface area contributed by atoms with Gasteiger partial charge in [0, 0.05) is 18.3 Å². The van der Waals surface area contributed by atoms with Gasteiger partial charge in [-0.15, -0.1) is 0 Å². The Labute approximate surface area is 206 Å². The van der Waals surface area contributed by atoms with Crippen molar-refractivity contribution in [2.24, 2.45) is 0 Å². The highest BCUT2D eigenvalue weighted by Crippen LogP contribution is 2.38. The Hall–Kier alpha value is -3.23. The first-order valence-corrected chi connectivity index (χ1v) is 12.0. The van der Waals surface area contributed by atoms with Crippen LogP contribution in [0.5, 0.6) is 5.75 Å². The molecule has 0 spiro atoms. The molecule has 0 saturated carbocycles. The van der Waals surface area contributed by atoms with Crippen LogP contribution in [0.25, 0.3) is 33.6 Å². The van der Waals surface area contributed by atoms with Crippen molar-refractivity contribution in [2.75, 3.05) is 13.7 Å². The van der Waals surface area contributed by atoms with E-state index in [0.717, 1.165) is 43.6 Å². The lowest BCUT2D eigenvalue weighted by molar-refractivity contribution is 0.278. The maximum absolute atomic E-state index is 9.83. The summed E-state index contributed by atoms with van der Waals surface area (Å²) in [4.78, 5) is 14.0. The van der Waals surface area contributed by atoms with Crippen LogP contribution in [0.15, 0.2) is 59.5 Å². The molecule has 2 aromatic carbocycles. The maximum Gasteiger partial charge on any atom is 0.160 e. The molecule has 0 atom stereocenters. The van der Waals surface area contributed by atoms with Gasteiger partial charge in [-0.2, -0.15) is 0 Å². The number of hydrogen-bond donors (Lipinski definition) is 1. The zero-order valence-corrected chi connectivity index (χ0v) is 21.0. The fraction of sp³-hybridized carbons (Fsp3) is 0.269. The van der Waals surface area contributed by atoms with E-state index in [0.29, 0.717) is 24.8 Å². The highest BCUT2D eigenvalue weighted by Gasteiger charge is 2.21. The molecule has 7 nitrogen and oxygen atoms in total. The minimum atomic E-state index is -0.00222. The lowest BCUT2D eigenvalue weighted by Crippen LogP contribution is -2.06. The number of nitrogens with zero attached hydrogens (tertiary/aromatic N) is 5. The summed E-state index contributed by atoms with van der Waals surface area (Å²) in [6.07, 6.45) is 3.57. The molecule has 0 radical (unpaired) electrons. The van der Waals surface area contributed by atoms with Crippen LogP contribution in [0.3, 0.4) is 0 Å². The predicted octanol–water partition coefficient (Wildman–Crippen LogP) is 5.38. The van der Waals surface area contributed by atoms with E-state index in [2.05, 4.69) is 64.0 Å². The van der Waals surface area contributed by atoms with E-state index >= 15 is 0 Å². The van der Waals surface area contributed by atoms with E-state index < -0.39 is 0 Å². The van der Waals surface area contributed by atoms with E-state index in [1.165, 1.54) is 5.56 Å². The summed E-state index contributed by atoms with van der Waals surface area (Å²) >= 11 is 3.81. The maximum atomic E-state index is 9.83. The normalized spacial score (nSPS) is 11.7. The second kappa shape index (κ2) is 9.19. The minimum Gasteiger partial charge on any atom is -0.494 e. The number of fused-ring (bicyclic) bond motifs is 2. The van der Waals surface area contributed by atoms with Crippen molar-refractivity contribution in [1.82, 2.24) is 24.1 Å². The number of imidazole rings is 2. The SMILES string of the molecule is COc1cc(Cn2cnc3cccnc32)c(Br)c2nc(-c3ccc(C(C)C)cc3)n(CCO)c12. The third kappa shape index (κ3) is 3.86. The minimum absolute atomic E-state index is 0.00222. The first-order chi connectivity index (χ1) is 16.5. The van der Waals surface area contributed by atoms with Gasteiger partial charge in [0.2, 0.25) is 0 Å². The zero-order valence-electron chi connectivity index (χ0n) is 19.4. The van der Waals surface area contributed by atoms with Gasteiger partial charge >= 0.3 is 0 Å². The van der Waals surface area contributed by atoms with Crippen molar-refractivity contribution in [1.29, 1.82) is 0 Å². The summed E-state index contributed by atoms with van der Waals surface area (Å²) in [5.41, 5.74) is 6.60. The van der Waals surface area contributed by atoms with Crippen molar-refractivity contribution >= 4 is 38.1 Å². The first kappa shape index (κ1) is 22.6. The standard InChI is InChI=1S/C26H26BrN5O2/c1-16(2)17-6-8-18(9-7-17)25-30-23-22(27)19(13-21(34-3)24(23)32(25)11-12-33)14-31-15-29-20-5-4-10-28-26(20)31/h4-10,13,15-16,33H,11-12,14H2,1-3H3. The van der Waals surface area contributed by atoms with Gasteiger partial charge in [0.25, 0.3) is 0 Å². The Morgan fingerprint density at radius 2 is 1.91 bits per heavy atom. The average molecular weight is 520 g/mol. The molecule has 174 valence electrons. The molecule has 5 aromatic rings. The van der Waals surface area contributed by atoms with Crippen LogP contribution in [0.1, 0.15) is 30.9 Å². The zero-order chi connectivity index (χ0) is 23.8. The molecular formula is C26H26BrN5O2. The highest BCUT2D eigenvalue weighted by atomic mass is 79.9. The Morgan fingerprint density at radius 1 is 1.12 bits per heavy atom. The van der Waals surface area contributed by atoms with E-state index in [-0.39, 0.29) is 6.61 Å². The summed E-state index contributed by atoms with van der Waals surface area (Å²) < 4.78 is 10.7. The summed E-state index contributed by atoms with van der Waals surface area (Å²) in [5, 5.41) is 9.83. The van der Waals surface area contributed by atoms with Gasteiger partial charge in [-0.3, -0.25) is 0 Å². The van der Waals surface area contributed by atoms with Crippen LogP contribution < -0.4 is 4.74 Å². The number of benzene rings is 2. The van der Waals surface area contributed by atoms with Crippen LogP contribution in [0, 0.1) is 0 Å². The number of aliphatic hydroxyl groups excluding tert-OH is 1. The van der Waals surface area contributed by atoms with Gasteiger partial charge in [-0.25, -0.2) is 15.0 Å². The summed E-state index contributed by atoms with van der Waals surface area (Å²) in [5.74, 6) is 1.96. The van der Waals surface area contributed by atoms with Crippen LogP contribution >= 0.6 is 15.9 Å². The lowest BCUT2D eigenvalue weighted by atomic mass is 10.0. The molecule has 0 amide bonds. The van der Waals surface area contributed by atoms with Gasteiger partial charge < -0.3 is 19.0 Å². The van der Waals surface area contributed by atoms with Gasteiger partial charge in [0.05, 0.1) is 31.1 Å². The highest BCUT2D eigenvalue weighted by molar-refractivity contribution is 9.10. The van der Waals surface area contributed by atoms with Crippen molar-refractivity contribution in [2.45, 2.75) is 32.9 Å². The molecule has 8 heteroatoms. The van der Waals surface area contributed by atoms with Gasteiger partial charge in [0.1, 0.15) is 28.1 Å². The van der Waals surface area contributed by atoms with Gasteiger partial charge in [-0.1, -0.05) is 38.1 Å². The second-order valence-corrected chi connectivity index (χ2v) is 9.35. The van der Waals surface area contributed by atoms with E-state index in [1.54, 1.807) is 19.6 Å². The number of hydrogen-bond acceptors (Lipinski definition) is 5. The van der Waals surface area contributed by atoms with Gasteiger partial charge in [-0.05, 0) is 51.2 Å². The smallest absolute Gasteiger partial charge is 0.160 e. The van der Waals surface area contributed by atoms with Crippen molar-refractivity contribution in [3.63, 3.8) is 0 Å². The topological polar surface area (TPSA) is 78.0 Å². The fourth-order valence-electron chi connectivity index (χ4n) is 4.32. The van der Waals surface area contributed by atoms with Crippen LogP contribution in [0.2, 0.25) is 0 Å². The van der Waals surface area contributed by atoms with Crippen molar-refractivity contribution in [3.05, 3.63) is 70.6 Å². The Balaban J connectivity index is 1.67. The molecule has 0 unspecified atom stereocenters. The first-order valence-electron chi connectivity index (χ1n) is 11.2. The number of methoxy groups -OCH3 is 1. The van der Waals surface area contributed by atoms with Crippen LogP contribution in [0.4, 0.5) is 0 Å². The number of halogens is 1. The molecule has 0 saturated heterocycles. The molecule has 3 heterocycles. The number of aliphatic hydroxyl groups is 1. The monoisotopic (exact) mass is 519 g/mol. The molecule has 3 aromatic heterocycles. The van der Waals surface area contributed by atoms with Crippen LogP contribution in [-0.2, 0) is 13.1 Å². The fourth-order valence-corrected chi connectivity index (χ4v) is 4.84. The summed E-state index contributed by atoms with van der Waals surface area (Å²) in [6, 6.07) is 14.3. The molecule has 0 fully saturated rings. The Morgan fingerprint density at radius 3 is 2.62 bits per heavy atom. The Bertz CT molecular complexity index is 1470. The van der Waals surface area contributed by atoms with Crippen LogP contribution in [-0.4, -0.2) is 42.9 Å². The molecule has 5 rings (SSSR count). The summed E-state index contributed by atoms with van der Waals surface area (Å²) in [7, 11) is 1.66. The molecule has 0 aliphatic heterocycles. The number of aromatic nitrogens is 5.